The van der Waals surface area contributed by atoms with Gasteiger partial charge in [0.1, 0.15) is 45.7 Å². The van der Waals surface area contributed by atoms with E-state index in [1.807, 2.05) is 87.5 Å². The van der Waals surface area contributed by atoms with Crippen molar-refractivity contribution in [3.05, 3.63) is 124 Å². The second kappa shape index (κ2) is 16.9. The third kappa shape index (κ3) is 8.85. The Labute approximate surface area is 324 Å². The molecule has 0 aromatic heterocycles. The number of aromatic hydroxyl groups is 4. The zero-order valence-electron chi connectivity index (χ0n) is 30.9. The SMILES string of the molecule is CCC(C)(C)c1cc(N=Nc2c(O)ccc3ccccc23)c(O)cc1[N+](=O)[O-].CCC(C)(C)c1ccc(O)c(N=Nc2c(O)ccc3ccccc23)c1.[Fe]. The van der Waals surface area contributed by atoms with Crippen LogP contribution in [-0.4, -0.2) is 25.3 Å². The summed E-state index contributed by atoms with van der Waals surface area (Å²) in [5.74, 6) is -0.255. The van der Waals surface area contributed by atoms with Crippen molar-refractivity contribution in [1.82, 2.24) is 0 Å². The van der Waals surface area contributed by atoms with Crippen LogP contribution in [0, 0.1) is 10.1 Å². The molecule has 0 unspecified atom stereocenters. The number of hydrogen-bond donors (Lipinski definition) is 4. The van der Waals surface area contributed by atoms with E-state index in [1.165, 1.54) is 12.1 Å². The van der Waals surface area contributed by atoms with Crippen LogP contribution in [0.4, 0.5) is 28.4 Å². The number of phenolic OH excluding ortho intramolecular Hbond substituents is 4. The Morgan fingerprint density at radius 2 is 1.04 bits per heavy atom. The molecule has 0 heterocycles. The van der Waals surface area contributed by atoms with Gasteiger partial charge in [0.25, 0.3) is 5.69 Å². The Morgan fingerprint density at radius 3 is 1.52 bits per heavy atom. The fourth-order valence-electron chi connectivity index (χ4n) is 5.66. The summed E-state index contributed by atoms with van der Waals surface area (Å²) in [6.45, 7) is 12.1. The van der Waals surface area contributed by atoms with E-state index in [-0.39, 0.29) is 62.5 Å². The quantitative estimate of drug-likeness (QED) is 0.0493. The summed E-state index contributed by atoms with van der Waals surface area (Å²) in [4.78, 5) is 10.9. The maximum absolute atomic E-state index is 11.4. The van der Waals surface area contributed by atoms with Gasteiger partial charge in [0.15, 0.2) is 0 Å². The van der Waals surface area contributed by atoms with Crippen LogP contribution in [0.15, 0.2) is 124 Å². The van der Waals surface area contributed by atoms with Crippen LogP contribution in [0.1, 0.15) is 65.5 Å². The third-order valence-electron chi connectivity index (χ3n) is 9.82. The zero-order valence-corrected chi connectivity index (χ0v) is 32.0. The van der Waals surface area contributed by atoms with Gasteiger partial charge >= 0.3 is 0 Å². The summed E-state index contributed by atoms with van der Waals surface area (Å²) in [5.41, 5.74) is 2.07. The predicted octanol–water partition coefficient (Wildman–Crippen LogP) is 12.6. The predicted molar refractivity (Wildman–Crippen MR) is 209 cm³/mol. The molecule has 0 amide bonds. The van der Waals surface area contributed by atoms with Crippen LogP contribution in [0.5, 0.6) is 23.0 Å². The van der Waals surface area contributed by atoms with Crippen LogP contribution in [0.3, 0.4) is 0 Å². The fraction of sp³-hybridized carbons (Fsp3) is 0.238. The molecule has 0 aliphatic carbocycles. The van der Waals surface area contributed by atoms with Crippen LogP contribution in [0.25, 0.3) is 21.5 Å². The molecule has 0 fully saturated rings. The number of nitrogens with zero attached hydrogens (tertiary/aromatic N) is 5. The van der Waals surface area contributed by atoms with Crippen molar-refractivity contribution in [3.63, 3.8) is 0 Å². The first-order valence-corrected chi connectivity index (χ1v) is 17.3. The Hall–Kier alpha value is -5.84. The zero-order chi connectivity index (χ0) is 38.5. The summed E-state index contributed by atoms with van der Waals surface area (Å²) >= 11 is 0. The molecule has 6 rings (SSSR count). The van der Waals surface area contributed by atoms with Crippen molar-refractivity contribution >= 4 is 50.0 Å². The van der Waals surface area contributed by atoms with Gasteiger partial charge in [0.05, 0.1) is 11.0 Å². The smallest absolute Gasteiger partial charge is 0.276 e. The molecule has 0 radical (unpaired) electrons. The molecule has 0 spiro atoms. The first kappa shape index (κ1) is 40.9. The van der Waals surface area contributed by atoms with Gasteiger partial charge in [-0.25, -0.2) is 0 Å². The second-order valence-corrected chi connectivity index (χ2v) is 14.0. The van der Waals surface area contributed by atoms with E-state index in [0.29, 0.717) is 28.7 Å². The van der Waals surface area contributed by atoms with Crippen molar-refractivity contribution in [2.24, 2.45) is 20.5 Å². The van der Waals surface area contributed by atoms with Crippen molar-refractivity contribution in [1.29, 1.82) is 0 Å². The minimum absolute atomic E-state index is 0. The van der Waals surface area contributed by atoms with Gasteiger partial charge in [-0.1, -0.05) is 108 Å². The van der Waals surface area contributed by atoms with Crippen LogP contribution >= 0.6 is 0 Å². The summed E-state index contributed by atoms with van der Waals surface area (Å²) in [6.07, 6.45) is 1.64. The number of rotatable bonds is 9. The van der Waals surface area contributed by atoms with E-state index in [2.05, 4.69) is 41.2 Å². The van der Waals surface area contributed by atoms with Crippen LogP contribution in [0.2, 0.25) is 0 Å². The number of fused-ring (bicyclic) bond motifs is 2. The number of nitro groups is 1. The van der Waals surface area contributed by atoms with E-state index in [9.17, 15) is 30.5 Å². The molecule has 0 atom stereocenters. The van der Waals surface area contributed by atoms with Crippen molar-refractivity contribution < 1.29 is 42.4 Å². The molecule has 0 saturated heterocycles. The Morgan fingerprint density at radius 1 is 0.574 bits per heavy atom. The summed E-state index contributed by atoms with van der Waals surface area (Å²) in [6, 6.07) is 29.8. The molecule has 6 aromatic rings. The average molecular weight is 770 g/mol. The van der Waals surface area contributed by atoms with E-state index >= 15 is 0 Å². The first-order valence-electron chi connectivity index (χ1n) is 17.3. The number of benzene rings is 6. The van der Waals surface area contributed by atoms with Crippen molar-refractivity contribution in [2.75, 3.05) is 0 Å². The first-order chi connectivity index (χ1) is 25.2. The van der Waals surface area contributed by atoms with Crippen molar-refractivity contribution in [3.8, 4) is 23.0 Å². The average Bonchev–Trinajstić information content (AvgIpc) is 3.15. The maximum Gasteiger partial charge on any atom is 0.276 e. The van der Waals surface area contributed by atoms with E-state index in [4.69, 9.17) is 0 Å². The van der Waals surface area contributed by atoms with E-state index < -0.39 is 10.3 Å². The molecule has 280 valence electrons. The molecule has 0 bridgehead atoms. The van der Waals surface area contributed by atoms with Crippen LogP contribution < -0.4 is 0 Å². The molecule has 54 heavy (non-hydrogen) atoms. The molecular formula is C42H43FeN5O6. The van der Waals surface area contributed by atoms with Gasteiger partial charge in [-0.15, -0.1) is 20.5 Å². The van der Waals surface area contributed by atoms with Gasteiger partial charge < -0.3 is 20.4 Å². The molecule has 6 aromatic carbocycles. The Bertz CT molecular complexity index is 2370. The summed E-state index contributed by atoms with van der Waals surface area (Å²) in [5, 5.41) is 72.2. The molecular weight excluding hydrogens is 726 g/mol. The molecule has 0 saturated carbocycles. The number of nitro benzene ring substituents is 1. The Balaban J connectivity index is 0.000000238. The monoisotopic (exact) mass is 769 g/mol. The standard InChI is InChI=1S/C21H21N3O4.C21H22N2O2.Fe/c1-4-21(2,3)15-11-16(19(26)12-17(15)24(27)28)22-23-20-14-8-6-5-7-13(14)9-10-18(20)25;1-4-21(2,3)15-10-12-18(24)17(13-15)22-23-20-16-8-6-5-7-14(16)9-11-19(20)25;/h5-12,25-26H,4H2,1-3H3;5-13,24-25H,4H2,1-3H3;. The molecule has 12 heteroatoms. The van der Waals surface area contributed by atoms with Crippen LogP contribution in [-0.2, 0) is 27.9 Å². The van der Waals surface area contributed by atoms with Gasteiger partial charge in [0.2, 0.25) is 0 Å². The summed E-state index contributed by atoms with van der Waals surface area (Å²) in [7, 11) is 0. The molecule has 4 N–H and O–H groups in total. The van der Waals surface area contributed by atoms with Gasteiger partial charge in [0, 0.05) is 33.4 Å². The van der Waals surface area contributed by atoms with E-state index in [1.54, 1.807) is 18.2 Å². The van der Waals surface area contributed by atoms with Gasteiger partial charge in [-0.2, -0.15) is 0 Å². The largest absolute Gasteiger partial charge is 0.506 e. The minimum Gasteiger partial charge on any atom is -0.506 e. The second-order valence-electron chi connectivity index (χ2n) is 14.0. The summed E-state index contributed by atoms with van der Waals surface area (Å²) < 4.78 is 0. The van der Waals surface area contributed by atoms with E-state index in [0.717, 1.165) is 34.2 Å². The number of azo groups is 2. The third-order valence-corrected chi connectivity index (χ3v) is 9.82. The van der Waals surface area contributed by atoms with Crippen molar-refractivity contribution in [2.45, 2.75) is 65.2 Å². The molecule has 11 nitrogen and oxygen atoms in total. The minimum atomic E-state index is -0.510. The topological polar surface area (TPSA) is 174 Å². The molecule has 0 aliphatic rings. The maximum atomic E-state index is 11.4. The normalized spacial score (nSPS) is 11.8. The van der Waals surface area contributed by atoms with Gasteiger partial charge in [-0.05, 0) is 70.3 Å². The fourth-order valence-corrected chi connectivity index (χ4v) is 5.66. The number of hydrogen-bond acceptors (Lipinski definition) is 10. The Kier molecular flexibility index (Phi) is 12.8. The number of phenols is 4. The molecule has 0 aliphatic heterocycles. The van der Waals surface area contributed by atoms with Gasteiger partial charge in [-0.3, -0.25) is 10.1 Å².